The maximum Gasteiger partial charge on any atom is 0.213 e. The molecule has 1 N–H and O–H groups in total. The predicted molar refractivity (Wildman–Crippen MR) is 76.4 cm³/mol. The van der Waals surface area contributed by atoms with Crippen molar-refractivity contribution in [2.45, 2.75) is 46.1 Å². The number of anilines is 1. The highest BCUT2D eigenvalue weighted by molar-refractivity contribution is 5.55. The zero-order chi connectivity index (χ0) is 13.2. The van der Waals surface area contributed by atoms with E-state index in [2.05, 4.69) is 28.5 Å². The minimum absolute atomic E-state index is 0.658. The summed E-state index contributed by atoms with van der Waals surface area (Å²) < 4.78 is 5.61. The summed E-state index contributed by atoms with van der Waals surface area (Å²) >= 11 is 0. The summed E-state index contributed by atoms with van der Waals surface area (Å²) in [5.74, 6) is 1.68. The van der Waals surface area contributed by atoms with Crippen LogP contribution in [0.4, 0.5) is 5.69 Å². The van der Waals surface area contributed by atoms with Crippen molar-refractivity contribution >= 4 is 5.69 Å². The minimum atomic E-state index is 0.658. The number of nitrogens with one attached hydrogen (secondary N) is 1. The van der Waals surface area contributed by atoms with Gasteiger partial charge in [-0.15, -0.1) is 0 Å². The van der Waals surface area contributed by atoms with Gasteiger partial charge in [0.05, 0.1) is 12.2 Å². The summed E-state index contributed by atoms with van der Waals surface area (Å²) in [6, 6.07) is 6.55. The van der Waals surface area contributed by atoms with Crippen LogP contribution in [-0.2, 0) is 19.4 Å². The molecule has 0 saturated heterocycles. The van der Waals surface area contributed by atoms with E-state index in [0.29, 0.717) is 6.54 Å². The molecule has 3 nitrogen and oxygen atoms in total. The highest BCUT2D eigenvalue weighted by Crippen LogP contribution is 2.28. The van der Waals surface area contributed by atoms with Crippen molar-refractivity contribution < 1.29 is 4.42 Å². The van der Waals surface area contributed by atoms with Crippen LogP contribution in [0.25, 0.3) is 0 Å². The van der Waals surface area contributed by atoms with Crippen LogP contribution in [0.5, 0.6) is 0 Å². The molecule has 1 aromatic heterocycles. The van der Waals surface area contributed by atoms with Crippen molar-refractivity contribution in [2.24, 2.45) is 0 Å². The van der Waals surface area contributed by atoms with Gasteiger partial charge in [0.25, 0.3) is 0 Å². The van der Waals surface area contributed by atoms with E-state index in [1.54, 1.807) is 0 Å². The van der Waals surface area contributed by atoms with Crippen LogP contribution in [0.15, 0.2) is 22.6 Å². The quantitative estimate of drug-likeness (QED) is 0.908. The Labute approximate surface area is 114 Å². The predicted octanol–water partition coefficient (Wildman–Crippen LogP) is 3.78. The van der Waals surface area contributed by atoms with E-state index < -0.39 is 0 Å². The van der Waals surface area contributed by atoms with Crippen LogP contribution in [-0.4, -0.2) is 4.98 Å². The summed E-state index contributed by atoms with van der Waals surface area (Å²) in [6.45, 7) is 4.59. The van der Waals surface area contributed by atoms with E-state index in [-0.39, 0.29) is 0 Å². The summed E-state index contributed by atoms with van der Waals surface area (Å²) in [4.78, 5) is 4.41. The Morgan fingerprint density at radius 1 is 1.21 bits per heavy atom. The zero-order valence-electron chi connectivity index (χ0n) is 11.6. The monoisotopic (exact) mass is 256 g/mol. The number of nitrogens with zero attached hydrogens (tertiary/aromatic N) is 1. The maximum atomic E-state index is 5.61. The lowest BCUT2D eigenvalue weighted by Gasteiger charge is -2.19. The summed E-state index contributed by atoms with van der Waals surface area (Å²) in [6.07, 6.45) is 5.00. The van der Waals surface area contributed by atoms with Crippen molar-refractivity contribution in [3.05, 3.63) is 46.7 Å². The first kappa shape index (κ1) is 12.3. The van der Waals surface area contributed by atoms with Gasteiger partial charge in [-0.1, -0.05) is 12.1 Å². The molecule has 19 heavy (non-hydrogen) atoms. The van der Waals surface area contributed by atoms with Gasteiger partial charge in [-0.2, -0.15) is 0 Å². The first-order chi connectivity index (χ1) is 9.24. The van der Waals surface area contributed by atoms with Crippen LogP contribution in [0.2, 0.25) is 0 Å². The molecule has 0 amide bonds. The third-order valence-electron chi connectivity index (χ3n) is 3.90. The lowest BCUT2D eigenvalue weighted by atomic mass is 9.90. The number of aryl methyl sites for hydroxylation is 3. The number of hydrogen-bond donors (Lipinski definition) is 1. The van der Waals surface area contributed by atoms with E-state index in [9.17, 15) is 0 Å². The molecule has 0 fully saturated rings. The Morgan fingerprint density at radius 3 is 2.84 bits per heavy atom. The fourth-order valence-corrected chi connectivity index (χ4v) is 2.73. The van der Waals surface area contributed by atoms with E-state index in [4.69, 9.17) is 4.42 Å². The molecular formula is C16H20N2O. The zero-order valence-corrected chi connectivity index (χ0v) is 11.6. The smallest absolute Gasteiger partial charge is 0.213 e. The highest BCUT2D eigenvalue weighted by atomic mass is 16.4. The third-order valence-corrected chi connectivity index (χ3v) is 3.90. The standard InChI is InChI=1S/C16H20N2O/c1-11-12(2)19-16(18-11)10-17-15-9-5-7-13-6-3-4-8-14(13)15/h5,7,9,17H,3-4,6,8,10H2,1-2H3. The van der Waals surface area contributed by atoms with Crippen LogP contribution in [0.3, 0.4) is 0 Å². The first-order valence-electron chi connectivity index (χ1n) is 7.01. The van der Waals surface area contributed by atoms with Gasteiger partial charge in [-0.05, 0) is 56.7 Å². The van der Waals surface area contributed by atoms with Crippen LogP contribution >= 0.6 is 0 Å². The Hall–Kier alpha value is -1.77. The molecule has 0 radical (unpaired) electrons. The SMILES string of the molecule is Cc1nc(CNc2cccc3c2CCCC3)oc1C. The molecule has 0 saturated carbocycles. The van der Waals surface area contributed by atoms with Crippen molar-refractivity contribution in [3.8, 4) is 0 Å². The van der Waals surface area contributed by atoms with E-state index in [1.165, 1.54) is 42.5 Å². The topological polar surface area (TPSA) is 38.1 Å². The molecule has 2 aromatic rings. The lowest BCUT2D eigenvalue weighted by Crippen LogP contribution is -2.08. The summed E-state index contributed by atoms with van der Waals surface area (Å²) in [5, 5.41) is 3.47. The maximum absolute atomic E-state index is 5.61. The molecular weight excluding hydrogens is 236 g/mol. The normalized spacial score (nSPS) is 14.2. The number of aromatic nitrogens is 1. The van der Waals surface area contributed by atoms with Gasteiger partial charge in [0.2, 0.25) is 5.89 Å². The van der Waals surface area contributed by atoms with Crippen molar-refractivity contribution in [1.29, 1.82) is 0 Å². The molecule has 1 heterocycles. The molecule has 0 atom stereocenters. The molecule has 100 valence electrons. The van der Waals surface area contributed by atoms with E-state index >= 15 is 0 Å². The Bertz CT molecular complexity index is 567. The van der Waals surface area contributed by atoms with Gasteiger partial charge in [0.1, 0.15) is 5.76 Å². The summed E-state index contributed by atoms with van der Waals surface area (Å²) in [7, 11) is 0. The van der Waals surface area contributed by atoms with E-state index in [0.717, 1.165) is 17.3 Å². The van der Waals surface area contributed by atoms with Crippen LogP contribution < -0.4 is 5.32 Å². The number of benzene rings is 1. The molecule has 1 aliphatic rings. The summed E-state index contributed by atoms with van der Waals surface area (Å²) in [5.41, 5.74) is 5.20. The fourth-order valence-electron chi connectivity index (χ4n) is 2.73. The fraction of sp³-hybridized carbons (Fsp3) is 0.438. The Morgan fingerprint density at radius 2 is 2.05 bits per heavy atom. The van der Waals surface area contributed by atoms with Gasteiger partial charge in [-0.3, -0.25) is 0 Å². The van der Waals surface area contributed by atoms with Gasteiger partial charge >= 0.3 is 0 Å². The van der Waals surface area contributed by atoms with Gasteiger partial charge in [0, 0.05) is 5.69 Å². The first-order valence-corrected chi connectivity index (χ1v) is 7.01. The molecule has 0 bridgehead atoms. The number of rotatable bonds is 3. The second-order valence-corrected chi connectivity index (χ2v) is 5.25. The molecule has 3 rings (SSSR count). The van der Waals surface area contributed by atoms with Crippen LogP contribution in [0, 0.1) is 13.8 Å². The number of fused-ring (bicyclic) bond motifs is 1. The molecule has 1 aliphatic carbocycles. The largest absolute Gasteiger partial charge is 0.444 e. The average Bonchev–Trinajstić information content (AvgIpc) is 2.75. The van der Waals surface area contributed by atoms with Crippen molar-refractivity contribution in [1.82, 2.24) is 4.98 Å². The van der Waals surface area contributed by atoms with Gasteiger partial charge in [0.15, 0.2) is 0 Å². The molecule has 3 heteroatoms. The number of oxazole rings is 1. The van der Waals surface area contributed by atoms with E-state index in [1.807, 2.05) is 13.8 Å². The molecule has 0 unspecified atom stereocenters. The van der Waals surface area contributed by atoms with Crippen LogP contribution in [0.1, 0.15) is 41.3 Å². The molecule has 0 spiro atoms. The second kappa shape index (κ2) is 5.08. The minimum Gasteiger partial charge on any atom is -0.444 e. The van der Waals surface area contributed by atoms with Crippen molar-refractivity contribution in [3.63, 3.8) is 0 Å². The average molecular weight is 256 g/mol. The highest BCUT2D eigenvalue weighted by Gasteiger charge is 2.13. The van der Waals surface area contributed by atoms with Crippen molar-refractivity contribution in [2.75, 3.05) is 5.32 Å². The molecule has 0 aliphatic heterocycles. The Kier molecular flexibility index (Phi) is 3.28. The van der Waals surface area contributed by atoms with Gasteiger partial charge < -0.3 is 9.73 Å². The number of hydrogen-bond acceptors (Lipinski definition) is 3. The van der Waals surface area contributed by atoms with Gasteiger partial charge in [-0.25, -0.2) is 4.98 Å². The second-order valence-electron chi connectivity index (χ2n) is 5.25. The Balaban J connectivity index is 1.76. The third kappa shape index (κ3) is 2.50. The lowest BCUT2D eigenvalue weighted by molar-refractivity contribution is 0.478. The molecule has 1 aromatic carbocycles.